The minimum absolute atomic E-state index is 0.209. The third-order valence-corrected chi connectivity index (χ3v) is 5.05. The van der Waals surface area contributed by atoms with Crippen molar-refractivity contribution in [3.05, 3.63) is 87.9 Å². The Balaban J connectivity index is 1.43. The molecule has 3 aromatic carbocycles. The molecule has 3 amide bonds. The molecule has 174 valence electrons. The van der Waals surface area contributed by atoms with Gasteiger partial charge in [0.1, 0.15) is 5.75 Å². The predicted molar refractivity (Wildman–Crippen MR) is 133 cm³/mol. The monoisotopic (exact) mass is 498 g/mol. The fourth-order valence-electron chi connectivity index (χ4n) is 2.70. The number of hydrazone groups is 1. The molecule has 0 aliphatic heterocycles. The number of carbonyl (C=O) groups excluding carboxylic acids is 3. The lowest BCUT2D eigenvalue weighted by Gasteiger charge is -2.08. The van der Waals surface area contributed by atoms with Crippen LogP contribution in [-0.4, -0.2) is 30.5 Å². The largest absolute Gasteiger partial charge is 0.484 e. The number of nitrogens with one attached hydrogen (secondary N) is 3. The number of anilines is 2. The Kier molecular flexibility index (Phi) is 8.61. The maximum atomic E-state index is 12.0. The average Bonchev–Trinajstić information content (AvgIpc) is 2.81. The molecule has 0 unspecified atom stereocenters. The van der Waals surface area contributed by atoms with Crippen LogP contribution < -0.4 is 20.8 Å². The maximum absolute atomic E-state index is 12.0. The summed E-state index contributed by atoms with van der Waals surface area (Å²) in [5, 5.41) is 9.65. The van der Waals surface area contributed by atoms with Gasteiger partial charge < -0.3 is 15.4 Å². The zero-order valence-corrected chi connectivity index (χ0v) is 19.5. The van der Waals surface area contributed by atoms with E-state index in [0.29, 0.717) is 32.7 Å². The highest BCUT2D eigenvalue weighted by molar-refractivity contribution is 6.42. The van der Waals surface area contributed by atoms with Crippen molar-refractivity contribution in [3.63, 3.8) is 0 Å². The minimum Gasteiger partial charge on any atom is -0.484 e. The number of benzene rings is 3. The van der Waals surface area contributed by atoms with E-state index in [1.54, 1.807) is 60.7 Å². The van der Waals surface area contributed by atoms with Crippen LogP contribution in [0.1, 0.15) is 11.1 Å². The molecule has 0 spiro atoms. The molecule has 0 bridgehead atoms. The van der Waals surface area contributed by atoms with Crippen LogP contribution in [-0.2, 0) is 14.4 Å². The summed E-state index contributed by atoms with van der Waals surface area (Å²) >= 11 is 11.8. The van der Waals surface area contributed by atoms with Crippen LogP contribution in [0.4, 0.5) is 11.4 Å². The SMILES string of the molecule is Cc1cccc(NC(=O)C(=O)N/N=C\c2ccc(OCC(=O)Nc3ccc(Cl)c(Cl)c3)cc2)c1. The lowest BCUT2D eigenvalue weighted by Crippen LogP contribution is -2.32. The molecular weight excluding hydrogens is 479 g/mol. The molecule has 34 heavy (non-hydrogen) atoms. The van der Waals surface area contributed by atoms with Gasteiger partial charge in [0.2, 0.25) is 0 Å². The highest BCUT2D eigenvalue weighted by Crippen LogP contribution is 2.25. The second kappa shape index (κ2) is 11.8. The molecule has 8 nitrogen and oxygen atoms in total. The van der Waals surface area contributed by atoms with Crippen molar-refractivity contribution in [2.75, 3.05) is 17.2 Å². The molecule has 3 N–H and O–H groups in total. The molecule has 10 heteroatoms. The van der Waals surface area contributed by atoms with Crippen molar-refractivity contribution in [2.45, 2.75) is 6.92 Å². The Labute approximate surface area is 205 Å². The van der Waals surface area contributed by atoms with Crippen molar-refractivity contribution in [1.82, 2.24) is 5.43 Å². The molecule has 0 atom stereocenters. The molecule has 3 aromatic rings. The van der Waals surface area contributed by atoms with Crippen LogP contribution in [0, 0.1) is 6.92 Å². The number of aryl methyl sites for hydroxylation is 1. The number of rotatable bonds is 7. The fraction of sp³-hybridized carbons (Fsp3) is 0.0833. The first-order valence-electron chi connectivity index (χ1n) is 9.99. The normalized spacial score (nSPS) is 10.6. The third kappa shape index (κ3) is 7.61. The Hall–Kier alpha value is -3.88. The highest BCUT2D eigenvalue weighted by atomic mass is 35.5. The van der Waals surface area contributed by atoms with Crippen LogP contribution in [0.2, 0.25) is 10.0 Å². The van der Waals surface area contributed by atoms with Crippen molar-refractivity contribution >= 4 is 58.5 Å². The van der Waals surface area contributed by atoms with Gasteiger partial charge in [0, 0.05) is 11.4 Å². The van der Waals surface area contributed by atoms with E-state index in [9.17, 15) is 14.4 Å². The zero-order valence-electron chi connectivity index (χ0n) is 18.0. The highest BCUT2D eigenvalue weighted by Gasteiger charge is 2.12. The van der Waals surface area contributed by atoms with E-state index >= 15 is 0 Å². The number of halogens is 2. The molecule has 0 aromatic heterocycles. The molecule has 0 aliphatic carbocycles. The summed E-state index contributed by atoms with van der Waals surface area (Å²) in [4.78, 5) is 35.8. The van der Waals surface area contributed by atoms with Gasteiger partial charge in [-0.15, -0.1) is 0 Å². The van der Waals surface area contributed by atoms with Gasteiger partial charge in [-0.3, -0.25) is 14.4 Å². The number of ether oxygens (including phenoxy) is 1. The summed E-state index contributed by atoms with van der Waals surface area (Å²) in [5.74, 6) is -1.63. The first-order valence-corrected chi connectivity index (χ1v) is 10.7. The van der Waals surface area contributed by atoms with E-state index < -0.39 is 11.8 Å². The van der Waals surface area contributed by atoms with Gasteiger partial charge >= 0.3 is 11.8 Å². The number of nitrogens with zero attached hydrogens (tertiary/aromatic N) is 1. The van der Waals surface area contributed by atoms with Gasteiger partial charge in [-0.1, -0.05) is 35.3 Å². The topological polar surface area (TPSA) is 109 Å². The van der Waals surface area contributed by atoms with Gasteiger partial charge in [0.15, 0.2) is 6.61 Å². The second-order valence-electron chi connectivity index (χ2n) is 7.06. The first kappa shape index (κ1) is 24.8. The van der Waals surface area contributed by atoms with Gasteiger partial charge in [-0.2, -0.15) is 5.10 Å². The maximum Gasteiger partial charge on any atom is 0.329 e. The van der Waals surface area contributed by atoms with Crippen LogP contribution in [0.5, 0.6) is 5.75 Å². The van der Waals surface area contributed by atoms with E-state index in [2.05, 4.69) is 21.2 Å². The van der Waals surface area contributed by atoms with Crippen molar-refractivity contribution < 1.29 is 19.1 Å². The van der Waals surface area contributed by atoms with Crippen LogP contribution in [0.3, 0.4) is 0 Å². The van der Waals surface area contributed by atoms with Gasteiger partial charge in [0.05, 0.1) is 16.3 Å². The number of amides is 3. The number of hydrogen-bond acceptors (Lipinski definition) is 5. The molecule has 0 saturated carbocycles. The van der Waals surface area contributed by atoms with Crippen LogP contribution in [0.25, 0.3) is 0 Å². The Morgan fingerprint density at radius 2 is 1.62 bits per heavy atom. The van der Waals surface area contributed by atoms with Crippen molar-refractivity contribution in [1.29, 1.82) is 0 Å². The third-order valence-electron chi connectivity index (χ3n) is 4.32. The van der Waals surface area contributed by atoms with Gasteiger partial charge in [-0.25, -0.2) is 5.43 Å². The fourth-order valence-corrected chi connectivity index (χ4v) is 2.99. The lowest BCUT2D eigenvalue weighted by molar-refractivity contribution is -0.136. The van der Waals surface area contributed by atoms with Crippen LogP contribution >= 0.6 is 23.2 Å². The quantitative estimate of drug-likeness (QED) is 0.254. The number of hydrogen-bond donors (Lipinski definition) is 3. The molecule has 0 radical (unpaired) electrons. The predicted octanol–water partition coefficient (Wildman–Crippen LogP) is 4.41. The summed E-state index contributed by atoms with van der Waals surface area (Å²) in [6.45, 7) is 1.67. The summed E-state index contributed by atoms with van der Waals surface area (Å²) in [6, 6.07) is 18.5. The standard InChI is InChI=1S/C24H20Cl2N4O4/c1-15-3-2-4-17(11-15)29-23(32)24(33)30-27-13-16-5-8-19(9-6-16)34-14-22(31)28-18-7-10-20(25)21(26)12-18/h2-13H,14H2,1H3,(H,28,31)(H,29,32)(H,30,33)/b27-13-. The van der Waals surface area contributed by atoms with E-state index in [4.69, 9.17) is 27.9 Å². The zero-order chi connectivity index (χ0) is 24.5. The summed E-state index contributed by atoms with van der Waals surface area (Å²) in [6.07, 6.45) is 1.37. The smallest absolute Gasteiger partial charge is 0.329 e. The molecule has 0 saturated heterocycles. The van der Waals surface area contributed by atoms with Crippen molar-refractivity contribution in [3.8, 4) is 5.75 Å². The number of carbonyl (C=O) groups is 3. The first-order chi connectivity index (χ1) is 16.3. The Morgan fingerprint density at radius 1 is 0.882 bits per heavy atom. The molecule has 0 fully saturated rings. The summed E-state index contributed by atoms with van der Waals surface area (Å²) < 4.78 is 5.45. The summed E-state index contributed by atoms with van der Waals surface area (Å²) in [7, 11) is 0. The molecule has 0 heterocycles. The van der Waals surface area contributed by atoms with Crippen LogP contribution in [0.15, 0.2) is 71.8 Å². The van der Waals surface area contributed by atoms with E-state index in [-0.39, 0.29) is 12.5 Å². The second-order valence-corrected chi connectivity index (χ2v) is 7.87. The minimum atomic E-state index is -0.898. The molecular formula is C24H20Cl2N4O4. The van der Waals surface area contributed by atoms with Gasteiger partial charge in [0.25, 0.3) is 5.91 Å². The van der Waals surface area contributed by atoms with E-state index in [0.717, 1.165) is 5.56 Å². The van der Waals surface area contributed by atoms with E-state index in [1.165, 1.54) is 6.21 Å². The Morgan fingerprint density at radius 3 is 2.32 bits per heavy atom. The van der Waals surface area contributed by atoms with E-state index in [1.807, 2.05) is 13.0 Å². The Bertz CT molecular complexity index is 1230. The molecule has 3 rings (SSSR count). The molecule has 0 aliphatic rings. The summed E-state index contributed by atoms with van der Waals surface area (Å²) in [5.41, 5.74) is 4.79. The average molecular weight is 499 g/mol. The lowest BCUT2D eigenvalue weighted by atomic mass is 10.2. The van der Waals surface area contributed by atoms with Crippen molar-refractivity contribution in [2.24, 2.45) is 5.10 Å². The van der Waals surface area contributed by atoms with Gasteiger partial charge in [-0.05, 0) is 72.6 Å².